The van der Waals surface area contributed by atoms with Crippen LogP contribution in [0.25, 0.3) is 6.08 Å². The van der Waals surface area contributed by atoms with Crippen LogP contribution in [-0.2, 0) is 4.79 Å². The lowest BCUT2D eigenvalue weighted by atomic mass is 10.2. The first-order valence-corrected chi connectivity index (χ1v) is 7.75. The minimum atomic E-state index is -1.02. The van der Waals surface area contributed by atoms with Crippen molar-refractivity contribution in [3.05, 3.63) is 62.0 Å². The number of benzene rings is 2. The van der Waals surface area contributed by atoms with Crippen molar-refractivity contribution in [2.24, 2.45) is 0 Å². The van der Waals surface area contributed by atoms with E-state index in [2.05, 4.69) is 31.9 Å². The third-order valence-corrected chi connectivity index (χ3v) is 3.84. The van der Waals surface area contributed by atoms with Gasteiger partial charge in [-0.25, -0.2) is 4.79 Å². The molecule has 0 aliphatic carbocycles. The van der Waals surface area contributed by atoms with Crippen LogP contribution in [0.2, 0.25) is 5.02 Å². The zero-order valence-corrected chi connectivity index (χ0v) is 14.4. The van der Waals surface area contributed by atoms with Crippen molar-refractivity contribution in [3.8, 4) is 11.5 Å². The fourth-order valence-electron chi connectivity index (χ4n) is 1.58. The van der Waals surface area contributed by atoms with E-state index in [0.29, 0.717) is 26.6 Å². The Kier molecular flexibility index (Phi) is 5.45. The van der Waals surface area contributed by atoms with Crippen LogP contribution in [0, 0.1) is 0 Å². The van der Waals surface area contributed by atoms with Crippen LogP contribution in [0.5, 0.6) is 11.5 Å². The molecular weight excluding hydrogens is 423 g/mol. The summed E-state index contributed by atoms with van der Waals surface area (Å²) in [6, 6.07) is 10.5. The summed E-state index contributed by atoms with van der Waals surface area (Å²) in [5.41, 5.74) is 0.647. The van der Waals surface area contributed by atoms with E-state index in [0.717, 1.165) is 10.5 Å². The normalized spacial score (nSPS) is 10.8. The number of aliphatic carboxylic acids is 1. The van der Waals surface area contributed by atoms with Crippen LogP contribution in [0.1, 0.15) is 5.56 Å². The largest absolute Gasteiger partial charge is 0.478 e. The standard InChI is InChI=1S/C15H9Br2ClO3/c16-10-2-4-13(9(7-10)1-6-15(19)20)21-14-5-3-11(18)8-12(14)17/h1-8H,(H,19,20)/b6-1+. The Morgan fingerprint density at radius 2 is 1.86 bits per heavy atom. The second-order valence-corrected chi connectivity index (χ2v) is 6.24. The molecule has 0 saturated heterocycles. The lowest BCUT2D eigenvalue weighted by Crippen LogP contribution is -1.90. The Bertz CT molecular complexity index is 714. The lowest BCUT2D eigenvalue weighted by molar-refractivity contribution is -0.131. The summed E-state index contributed by atoms with van der Waals surface area (Å²) in [5.74, 6) is 0.110. The molecule has 0 atom stereocenters. The highest BCUT2D eigenvalue weighted by atomic mass is 79.9. The number of carbonyl (C=O) groups is 1. The van der Waals surface area contributed by atoms with Gasteiger partial charge >= 0.3 is 5.97 Å². The average Bonchev–Trinajstić information content (AvgIpc) is 2.41. The monoisotopic (exact) mass is 430 g/mol. The van der Waals surface area contributed by atoms with E-state index in [1.807, 2.05) is 6.07 Å². The van der Waals surface area contributed by atoms with Gasteiger partial charge in [-0.15, -0.1) is 0 Å². The minimum absolute atomic E-state index is 0.540. The van der Waals surface area contributed by atoms with Gasteiger partial charge in [0, 0.05) is 21.1 Å². The molecule has 0 aliphatic heterocycles. The Labute approximate surface area is 143 Å². The van der Waals surface area contributed by atoms with E-state index in [-0.39, 0.29) is 0 Å². The van der Waals surface area contributed by atoms with Crippen molar-refractivity contribution in [1.29, 1.82) is 0 Å². The summed E-state index contributed by atoms with van der Waals surface area (Å²) in [4.78, 5) is 10.7. The maximum atomic E-state index is 10.7. The van der Waals surface area contributed by atoms with Gasteiger partial charge in [-0.1, -0.05) is 27.5 Å². The van der Waals surface area contributed by atoms with Crippen LogP contribution in [0.15, 0.2) is 51.4 Å². The van der Waals surface area contributed by atoms with E-state index in [1.54, 1.807) is 30.3 Å². The topological polar surface area (TPSA) is 46.5 Å². The molecule has 0 aliphatic rings. The van der Waals surface area contributed by atoms with Crippen molar-refractivity contribution in [2.45, 2.75) is 0 Å². The van der Waals surface area contributed by atoms with Gasteiger partial charge in [0.1, 0.15) is 11.5 Å². The lowest BCUT2D eigenvalue weighted by Gasteiger charge is -2.11. The highest BCUT2D eigenvalue weighted by Crippen LogP contribution is 2.34. The maximum Gasteiger partial charge on any atom is 0.328 e. The molecule has 0 unspecified atom stereocenters. The summed E-state index contributed by atoms with van der Waals surface area (Å²) in [7, 11) is 0. The Balaban J connectivity index is 2.37. The molecule has 108 valence electrons. The predicted octanol–water partition coefficient (Wildman–Crippen LogP) is 5.76. The van der Waals surface area contributed by atoms with Crippen LogP contribution in [0.3, 0.4) is 0 Å². The molecule has 0 heterocycles. The Hall–Kier alpha value is -1.30. The third-order valence-electron chi connectivity index (χ3n) is 2.49. The van der Waals surface area contributed by atoms with E-state index in [9.17, 15) is 4.79 Å². The molecule has 0 saturated carbocycles. The quantitative estimate of drug-likeness (QED) is 0.626. The van der Waals surface area contributed by atoms with Gasteiger partial charge in [-0.2, -0.15) is 0 Å². The second-order valence-electron chi connectivity index (χ2n) is 4.03. The molecule has 0 aromatic heterocycles. The minimum Gasteiger partial charge on any atom is -0.478 e. The van der Waals surface area contributed by atoms with Crippen molar-refractivity contribution in [3.63, 3.8) is 0 Å². The summed E-state index contributed by atoms with van der Waals surface area (Å²) in [5, 5.41) is 9.33. The zero-order valence-electron chi connectivity index (χ0n) is 10.5. The number of halogens is 3. The van der Waals surface area contributed by atoms with Gasteiger partial charge in [-0.3, -0.25) is 0 Å². The van der Waals surface area contributed by atoms with E-state index < -0.39 is 5.97 Å². The molecule has 21 heavy (non-hydrogen) atoms. The summed E-state index contributed by atoms with van der Waals surface area (Å²) < 4.78 is 7.35. The van der Waals surface area contributed by atoms with Crippen LogP contribution in [-0.4, -0.2) is 11.1 Å². The Morgan fingerprint density at radius 1 is 1.14 bits per heavy atom. The molecule has 2 aromatic rings. The number of hydrogen-bond acceptors (Lipinski definition) is 2. The van der Waals surface area contributed by atoms with Gasteiger partial charge < -0.3 is 9.84 Å². The molecular formula is C15H9Br2ClO3. The molecule has 0 bridgehead atoms. The molecule has 1 N–H and O–H groups in total. The average molecular weight is 432 g/mol. The zero-order chi connectivity index (χ0) is 15.4. The molecule has 0 spiro atoms. The SMILES string of the molecule is O=C(O)/C=C/c1cc(Br)ccc1Oc1ccc(Cl)cc1Br. The van der Waals surface area contributed by atoms with Crippen LogP contribution in [0.4, 0.5) is 0 Å². The van der Waals surface area contributed by atoms with E-state index in [4.69, 9.17) is 21.4 Å². The van der Waals surface area contributed by atoms with Gasteiger partial charge in [0.05, 0.1) is 4.47 Å². The molecule has 0 amide bonds. The fourth-order valence-corrected chi connectivity index (χ4v) is 2.72. The van der Waals surface area contributed by atoms with Gasteiger partial charge in [0.15, 0.2) is 0 Å². The smallest absolute Gasteiger partial charge is 0.328 e. The summed E-state index contributed by atoms with van der Waals surface area (Å²) >= 11 is 12.6. The molecule has 6 heteroatoms. The Morgan fingerprint density at radius 3 is 2.52 bits per heavy atom. The van der Waals surface area contributed by atoms with Crippen molar-refractivity contribution in [1.82, 2.24) is 0 Å². The van der Waals surface area contributed by atoms with Gasteiger partial charge in [0.2, 0.25) is 0 Å². The van der Waals surface area contributed by atoms with Crippen molar-refractivity contribution >= 4 is 55.5 Å². The molecule has 2 rings (SSSR count). The van der Waals surface area contributed by atoms with Crippen LogP contribution >= 0.6 is 43.5 Å². The number of carboxylic acids is 1. The number of carboxylic acid groups (broad SMARTS) is 1. The molecule has 0 fully saturated rings. The first-order chi connectivity index (χ1) is 9.95. The molecule has 2 aromatic carbocycles. The fraction of sp³-hybridized carbons (Fsp3) is 0. The first-order valence-electron chi connectivity index (χ1n) is 5.79. The van der Waals surface area contributed by atoms with E-state index in [1.165, 1.54) is 6.08 Å². The maximum absolute atomic E-state index is 10.7. The van der Waals surface area contributed by atoms with Gasteiger partial charge in [-0.05, 0) is 58.4 Å². The number of rotatable bonds is 4. The molecule has 3 nitrogen and oxygen atoms in total. The summed E-state index contributed by atoms with van der Waals surface area (Å²) in [6.07, 6.45) is 2.54. The second kappa shape index (κ2) is 7.11. The highest BCUT2D eigenvalue weighted by molar-refractivity contribution is 9.10. The first kappa shape index (κ1) is 16.1. The van der Waals surface area contributed by atoms with Gasteiger partial charge in [0.25, 0.3) is 0 Å². The van der Waals surface area contributed by atoms with Crippen molar-refractivity contribution in [2.75, 3.05) is 0 Å². The summed E-state index contributed by atoms with van der Waals surface area (Å²) in [6.45, 7) is 0. The van der Waals surface area contributed by atoms with Crippen molar-refractivity contribution < 1.29 is 14.6 Å². The van der Waals surface area contributed by atoms with E-state index >= 15 is 0 Å². The molecule has 0 radical (unpaired) electrons. The highest BCUT2D eigenvalue weighted by Gasteiger charge is 2.07. The predicted molar refractivity (Wildman–Crippen MR) is 90.0 cm³/mol. The third kappa shape index (κ3) is 4.59. The van der Waals surface area contributed by atoms with Crippen LogP contribution < -0.4 is 4.74 Å². The number of ether oxygens (including phenoxy) is 1. The number of hydrogen-bond donors (Lipinski definition) is 1.